The minimum atomic E-state index is -4.06. The van der Waals surface area contributed by atoms with E-state index in [-0.39, 0.29) is 22.2 Å². The molecule has 1 amide bonds. The van der Waals surface area contributed by atoms with Gasteiger partial charge in [-0.1, -0.05) is 42.1 Å². The number of nitro benzene ring substituents is 1. The lowest BCUT2D eigenvalue weighted by Crippen LogP contribution is -2.28. The summed E-state index contributed by atoms with van der Waals surface area (Å²) in [7, 11) is -4.06. The van der Waals surface area contributed by atoms with Crippen molar-refractivity contribution in [2.75, 3.05) is 9.62 Å². The van der Waals surface area contributed by atoms with Gasteiger partial charge in [0.1, 0.15) is 0 Å². The third kappa shape index (κ3) is 4.36. The monoisotopic (exact) mass is 503 g/mol. The lowest BCUT2D eigenvalue weighted by molar-refractivity contribution is -0.385. The summed E-state index contributed by atoms with van der Waals surface area (Å²) in [5, 5.41) is 11.0. The largest absolute Gasteiger partial charge is 0.280 e. The molecule has 4 aromatic carbocycles. The fraction of sp³-hybridized carbons (Fsp3) is 0. The van der Waals surface area contributed by atoms with Crippen molar-refractivity contribution >= 4 is 50.4 Å². The van der Waals surface area contributed by atoms with E-state index in [0.717, 1.165) is 27.2 Å². The van der Waals surface area contributed by atoms with Crippen LogP contribution in [0.25, 0.3) is 0 Å². The number of non-ortho nitro benzene ring substituents is 1. The molecule has 8 nitrogen and oxygen atoms in total. The van der Waals surface area contributed by atoms with Crippen LogP contribution in [0.2, 0.25) is 0 Å². The number of anilines is 3. The molecule has 10 heteroatoms. The Morgan fingerprint density at radius 3 is 2.03 bits per heavy atom. The van der Waals surface area contributed by atoms with Crippen molar-refractivity contribution in [3.63, 3.8) is 0 Å². The van der Waals surface area contributed by atoms with Crippen molar-refractivity contribution in [3.05, 3.63) is 113 Å². The van der Waals surface area contributed by atoms with Crippen molar-refractivity contribution in [2.24, 2.45) is 0 Å². The molecule has 0 spiro atoms. The smallest absolute Gasteiger partial charge is 0.270 e. The van der Waals surface area contributed by atoms with Crippen molar-refractivity contribution < 1.29 is 18.1 Å². The molecular formula is C25H17N3O5S2. The van der Waals surface area contributed by atoms with Gasteiger partial charge in [-0.25, -0.2) is 8.42 Å². The fourth-order valence-corrected chi connectivity index (χ4v) is 5.87. The third-order valence-corrected chi connectivity index (χ3v) is 7.87. The van der Waals surface area contributed by atoms with Crippen LogP contribution in [0.15, 0.2) is 112 Å². The van der Waals surface area contributed by atoms with Gasteiger partial charge in [-0.3, -0.25) is 24.5 Å². The number of amides is 1. The lowest BCUT2D eigenvalue weighted by Gasteiger charge is -2.31. The Balaban J connectivity index is 1.43. The van der Waals surface area contributed by atoms with Gasteiger partial charge in [0, 0.05) is 33.2 Å². The van der Waals surface area contributed by atoms with Crippen molar-refractivity contribution in [2.45, 2.75) is 14.7 Å². The Morgan fingerprint density at radius 2 is 1.43 bits per heavy atom. The summed E-state index contributed by atoms with van der Waals surface area (Å²) in [5.74, 6) is -0.252. The van der Waals surface area contributed by atoms with E-state index in [1.165, 1.54) is 30.3 Å². The summed E-state index contributed by atoms with van der Waals surface area (Å²) in [4.78, 5) is 27.2. The van der Waals surface area contributed by atoms with E-state index in [1.807, 2.05) is 48.5 Å². The van der Waals surface area contributed by atoms with Crippen molar-refractivity contribution in [1.82, 2.24) is 0 Å². The van der Waals surface area contributed by atoms with E-state index in [9.17, 15) is 23.3 Å². The zero-order chi connectivity index (χ0) is 24.6. The van der Waals surface area contributed by atoms with Crippen molar-refractivity contribution in [1.29, 1.82) is 0 Å². The highest BCUT2D eigenvalue weighted by Gasteiger charge is 2.28. The second-order valence-electron chi connectivity index (χ2n) is 7.62. The van der Waals surface area contributed by atoms with E-state index in [4.69, 9.17) is 0 Å². The van der Waals surface area contributed by atoms with Crippen molar-refractivity contribution in [3.8, 4) is 0 Å². The maximum atomic E-state index is 13.6. The number of carbonyl (C=O) groups is 1. The van der Waals surface area contributed by atoms with Crippen LogP contribution in [0.4, 0.5) is 22.7 Å². The van der Waals surface area contributed by atoms with Crippen LogP contribution >= 0.6 is 11.8 Å². The van der Waals surface area contributed by atoms with E-state index < -0.39 is 14.9 Å². The molecule has 1 aliphatic heterocycles. The van der Waals surface area contributed by atoms with Crippen LogP contribution in [0.5, 0.6) is 0 Å². The predicted molar refractivity (Wildman–Crippen MR) is 134 cm³/mol. The first-order chi connectivity index (χ1) is 16.8. The number of rotatable bonds is 5. The molecule has 35 heavy (non-hydrogen) atoms. The molecule has 0 atom stereocenters. The topological polar surface area (TPSA) is 110 Å². The third-order valence-electron chi connectivity index (χ3n) is 5.36. The summed E-state index contributed by atoms with van der Waals surface area (Å²) in [6, 6.07) is 26.1. The number of hydrogen-bond acceptors (Lipinski definition) is 6. The molecule has 0 saturated carbocycles. The van der Waals surface area contributed by atoms with Crippen LogP contribution in [-0.4, -0.2) is 19.2 Å². The maximum absolute atomic E-state index is 13.6. The van der Waals surface area contributed by atoms with Crippen LogP contribution in [0.3, 0.4) is 0 Å². The highest BCUT2D eigenvalue weighted by Crippen LogP contribution is 2.48. The number of para-hydroxylation sites is 2. The van der Waals surface area contributed by atoms with Crippen LogP contribution in [-0.2, 0) is 10.0 Å². The van der Waals surface area contributed by atoms with Crippen LogP contribution in [0.1, 0.15) is 10.4 Å². The number of nitro groups is 1. The molecule has 0 radical (unpaired) electrons. The Kier molecular flexibility index (Phi) is 5.75. The Morgan fingerprint density at radius 1 is 0.829 bits per heavy atom. The molecule has 0 saturated heterocycles. The summed E-state index contributed by atoms with van der Waals surface area (Å²) >= 11 is 1.60. The molecule has 1 N–H and O–H groups in total. The molecule has 0 aliphatic carbocycles. The average Bonchev–Trinajstić information content (AvgIpc) is 2.87. The van der Waals surface area contributed by atoms with Gasteiger partial charge in [0.15, 0.2) is 0 Å². The fourth-order valence-electron chi connectivity index (χ4n) is 3.71. The SMILES string of the molecule is O=C(c1ccc(NS(=O)(=O)c2cccc([N+](=O)[O-])c2)cc1)N1c2ccccc2Sc2ccccc21. The summed E-state index contributed by atoms with van der Waals surface area (Å²) in [6.45, 7) is 0. The van der Waals surface area contributed by atoms with Gasteiger partial charge in [-0.2, -0.15) is 0 Å². The molecule has 174 valence electrons. The first kappa shape index (κ1) is 22.6. The Hall–Kier alpha value is -4.15. The number of nitrogens with zero attached hydrogens (tertiary/aromatic N) is 2. The minimum Gasteiger partial charge on any atom is -0.280 e. The normalized spacial score (nSPS) is 12.4. The lowest BCUT2D eigenvalue weighted by atomic mass is 10.1. The molecule has 1 aliphatic rings. The van der Waals surface area contributed by atoms with Crippen LogP contribution in [0, 0.1) is 10.1 Å². The highest BCUT2D eigenvalue weighted by molar-refractivity contribution is 7.99. The zero-order valence-electron chi connectivity index (χ0n) is 18.0. The second kappa shape index (κ2) is 8.90. The first-order valence-corrected chi connectivity index (χ1v) is 12.7. The zero-order valence-corrected chi connectivity index (χ0v) is 19.6. The number of benzene rings is 4. The number of hydrogen-bond donors (Lipinski definition) is 1. The predicted octanol–water partition coefficient (Wildman–Crippen LogP) is 5.84. The quantitative estimate of drug-likeness (QED) is 0.271. The molecule has 0 aromatic heterocycles. The molecule has 5 rings (SSSR count). The molecular weight excluding hydrogens is 486 g/mol. The van der Waals surface area contributed by atoms with Gasteiger partial charge in [0.25, 0.3) is 21.6 Å². The number of carbonyl (C=O) groups excluding carboxylic acids is 1. The minimum absolute atomic E-state index is 0.225. The van der Waals surface area contributed by atoms with Crippen LogP contribution < -0.4 is 9.62 Å². The Bertz CT molecular complexity index is 1520. The summed E-state index contributed by atoms with van der Waals surface area (Å²) < 4.78 is 27.8. The highest BCUT2D eigenvalue weighted by atomic mass is 32.2. The molecule has 1 heterocycles. The van der Waals surface area contributed by atoms with E-state index in [2.05, 4.69) is 4.72 Å². The number of nitrogens with one attached hydrogen (secondary N) is 1. The first-order valence-electron chi connectivity index (χ1n) is 10.4. The van der Waals surface area contributed by atoms with E-state index in [0.29, 0.717) is 5.56 Å². The standard InChI is InChI=1S/C25H17N3O5S2/c29-25(27-21-8-1-3-10-23(21)34-24-11-4-2-9-22(24)27)17-12-14-18(15-13-17)26-35(32,33)20-7-5-6-19(16-20)28(30)31/h1-16,26H. The molecule has 0 fully saturated rings. The summed E-state index contributed by atoms with van der Waals surface area (Å²) in [6.07, 6.45) is 0. The molecule has 4 aromatic rings. The van der Waals surface area contributed by atoms with Gasteiger partial charge >= 0.3 is 0 Å². The van der Waals surface area contributed by atoms with Gasteiger partial charge in [0.05, 0.1) is 21.2 Å². The maximum Gasteiger partial charge on any atom is 0.270 e. The summed E-state index contributed by atoms with van der Waals surface area (Å²) in [5.41, 5.74) is 1.82. The number of sulfonamides is 1. The molecule has 0 unspecified atom stereocenters. The van der Waals surface area contributed by atoms with Gasteiger partial charge in [-0.05, 0) is 54.6 Å². The number of fused-ring (bicyclic) bond motifs is 2. The van der Waals surface area contributed by atoms with Gasteiger partial charge < -0.3 is 0 Å². The van der Waals surface area contributed by atoms with E-state index >= 15 is 0 Å². The molecule has 0 bridgehead atoms. The van der Waals surface area contributed by atoms with E-state index in [1.54, 1.807) is 28.8 Å². The second-order valence-corrected chi connectivity index (χ2v) is 10.4. The average molecular weight is 504 g/mol. The van der Waals surface area contributed by atoms with Gasteiger partial charge in [0.2, 0.25) is 0 Å². The van der Waals surface area contributed by atoms with Gasteiger partial charge in [-0.15, -0.1) is 0 Å². The Labute approximate surface area is 205 Å².